The molecule has 0 bridgehead atoms. The first-order valence-corrected chi connectivity index (χ1v) is 9.09. The Hall–Kier alpha value is -2.14. The van der Waals surface area contributed by atoms with Crippen LogP contribution in [0.1, 0.15) is 53.9 Å². The Labute approximate surface area is 146 Å². The van der Waals surface area contributed by atoms with Gasteiger partial charge in [-0.1, -0.05) is 43.7 Å². The van der Waals surface area contributed by atoms with Crippen molar-refractivity contribution in [1.29, 1.82) is 0 Å². The molecule has 2 rings (SSSR count). The van der Waals surface area contributed by atoms with E-state index in [1.807, 2.05) is 43.3 Å². The number of rotatable bonds is 8. The topological polar surface area (TPSA) is 55.4 Å². The van der Waals surface area contributed by atoms with Crippen molar-refractivity contribution in [1.82, 2.24) is 0 Å². The molecule has 1 N–H and O–H groups in total. The summed E-state index contributed by atoms with van der Waals surface area (Å²) in [5, 5.41) is 3.45. The zero-order valence-corrected chi connectivity index (χ0v) is 14.9. The molecule has 0 aliphatic rings. The maximum absolute atomic E-state index is 12.2. The average Bonchev–Trinajstić information content (AvgIpc) is 2.96. The van der Waals surface area contributed by atoms with Gasteiger partial charge in [0.15, 0.2) is 0 Å². The molecule has 0 radical (unpaired) electrons. The lowest BCUT2D eigenvalue weighted by molar-refractivity contribution is -0.116. The van der Waals surface area contributed by atoms with Crippen LogP contribution in [0.4, 0.5) is 5.00 Å². The second kappa shape index (κ2) is 9.23. The predicted octanol–water partition coefficient (Wildman–Crippen LogP) is 4.64. The number of carbonyl (C=O) groups is 2. The van der Waals surface area contributed by atoms with Gasteiger partial charge in [-0.2, -0.15) is 0 Å². The highest BCUT2D eigenvalue weighted by atomic mass is 32.1. The minimum atomic E-state index is -0.390. The highest BCUT2D eigenvalue weighted by molar-refractivity contribution is 7.16. The van der Waals surface area contributed by atoms with E-state index in [4.69, 9.17) is 4.74 Å². The fraction of sp³-hybridized carbons (Fsp3) is 0.368. The molecule has 0 spiro atoms. The van der Waals surface area contributed by atoms with Crippen LogP contribution < -0.4 is 5.32 Å². The van der Waals surface area contributed by atoms with E-state index in [1.54, 1.807) is 6.92 Å². The van der Waals surface area contributed by atoms with Gasteiger partial charge in [0.1, 0.15) is 5.00 Å². The number of hydrogen-bond donors (Lipinski definition) is 1. The fourth-order valence-electron chi connectivity index (χ4n) is 2.31. The number of nitrogens with one attached hydrogen (secondary N) is 1. The molecule has 2 aromatic rings. The van der Waals surface area contributed by atoms with Gasteiger partial charge in [-0.25, -0.2) is 4.79 Å². The monoisotopic (exact) mass is 345 g/mol. The summed E-state index contributed by atoms with van der Waals surface area (Å²) in [6.07, 6.45) is 2.98. The zero-order valence-electron chi connectivity index (χ0n) is 14.1. The van der Waals surface area contributed by atoms with Crippen molar-refractivity contribution >= 4 is 28.2 Å². The summed E-state index contributed by atoms with van der Waals surface area (Å²) in [5.74, 6) is -0.450. The number of ether oxygens (including phenoxy) is 1. The maximum Gasteiger partial charge on any atom is 0.341 e. The third kappa shape index (κ3) is 5.20. The summed E-state index contributed by atoms with van der Waals surface area (Å²) >= 11 is 1.44. The summed E-state index contributed by atoms with van der Waals surface area (Å²) < 4.78 is 5.11. The smallest absolute Gasteiger partial charge is 0.341 e. The summed E-state index contributed by atoms with van der Waals surface area (Å²) in [7, 11) is 0. The highest BCUT2D eigenvalue weighted by Gasteiger charge is 2.19. The lowest BCUT2D eigenvalue weighted by atomic mass is 10.1. The number of anilines is 1. The molecule has 0 aliphatic heterocycles. The Kier molecular flexibility index (Phi) is 7.00. The predicted molar refractivity (Wildman–Crippen MR) is 97.7 cm³/mol. The van der Waals surface area contributed by atoms with Crippen LogP contribution in [0.15, 0.2) is 36.4 Å². The van der Waals surface area contributed by atoms with Gasteiger partial charge in [0.25, 0.3) is 0 Å². The van der Waals surface area contributed by atoms with E-state index in [2.05, 4.69) is 5.32 Å². The van der Waals surface area contributed by atoms with E-state index in [0.29, 0.717) is 23.6 Å². The second-order valence-electron chi connectivity index (χ2n) is 5.49. The van der Waals surface area contributed by atoms with Crippen molar-refractivity contribution in [3.05, 3.63) is 52.4 Å². The van der Waals surface area contributed by atoms with E-state index in [0.717, 1.165) is 29.7 Å². The first-order valence-electron chi connectivity index (χ1n) is 8.27. The molecule has 4 nitrogen and oxygen atoms in total. The Bertz CT molecular complexity index is 679. The van der Waals surface area contributed by atoms with Crippen molar-refractivity contribution in [3.8, 4) is 0 Å². The summed E-state index contributed by atoms with van der Waals surface area (Å²) in [5.41, 5.74) is 1.61. The standard InChI is InChI=1S/C19H23NO3S/c1-3-5-11-17(21)20-18-16(19(22)23-4-2)13-15(24-18)12-14-9-7-6-8-10-14/h6-10,13H,3-5,11-12H2,1-2H3,(H,20,21). The molecule has 24 heavy (non-hydrogen) atoms. The number of esters is 1. The summed E-state index contributed by atoms with van der Waals surface area (Å²) in [6.45, 7) is 4.13. The normalized spacial score (nSPS) is 10.4. The molecule has 0 unspecified atom stereocenters. The molecule has 0 saturated carbocycles. The average molecular weight is 345 g/mol. The molecule has 1 amide bonds. The van der Waals surface area contributed by atoms with Crippen LogP contribution in [0.3, 0.4) is 0 Å². The third-order valence-electron chi connectivity index (χ3n) is 3.51. The van der Waals surface area contributed by atoms with E-state index < -0.39 is 0 Å². The summed E-state index contributed by atoms with van der Waals surface area (Å²) in [4.78, 5) is 25.2. The minimum Gasteiger partial charge on any atom is -0.462 e. The van der Waals surface area contributed by atoms with Crippen molar-refractivity contribution in [2.45, 2.75) is 39.5 Å². The quantitative estimate of drug-likeness (QED) is 0.709. The molecule has 0 saturated heterocycles. The molecular formula is C19H23NO3S. The van der Waals surface area contributed by atoms with Crippen LogP contribution in [0.25, 0.3) is 0 Å². The molecule has 0 fully saturated rings. The number of amides is 1. The number of unbranched alkanes of at least 4 members (excludes halogenated alkanes) is 1. The maximum atomic E-state index is 12.2. The van der Waals surface area contributed by atoms with Gasteiger partial charge in [0, 0.05) is 17.7 Å². The highest BCUT2D eigenvalue weighted by Crippen LogP contribution is 2.31. The van der Waals surface area contributed by atoms with Crippen molar-refractivity contribution in [2.75, 3.05) is 11.9 Å². The Morgan fingerprint density at radius 2 is 1.92 bits per heavy atom. The molecule has 1 heterocycles. The van der Waals surface area contributed by atoms with Crippen molar-refractivity contribution in [3.63, 3.8) is 0 Å². The van der Waals surface area contributed by atoms with E-state index in [-0.39, 0.29) is 11.9 Å². The Morgan fingerprint density at radius 1 is 1.17 bits per heavy atom. The van der Waals surface area contributed by atoms with Crippen LogP contribution >= 0.6 is 11.3 Å². The molecule has 5 heteroatoms. The number of benzene rings is 1. The molecule has 128 valence electrons. The molecule has 0 aliphatic carbocycles. The minimum absolute atomic E-state index is 0.0597. The van der Waals surface area contributed by atoms with Gasteiger partial charge >= 0.3 is 5.97 Å². The Morgan fingerprint density at radius 3 is 2.58 bits per heavy atom. The van der Waals surface area contributed by atoms with Gasteiger partial charge < -0.3 is 10.1 Å². The van der Waals surface area contributed by atoms with Gasteiger partial charge in [0.2, 0.25) is 5.91 Å². The van der Waals surface area contributed by atoms with Gasteiger partial charge in [0.05, 0.1) is 12.2 Å². The molecule has 1 aromatic heterocycles. The second-order valence-corrected chi connectivity index (χ2v) is 6.63. The van der Waals surface area contributed by atoms with E-state index >= 15 is 0 Å². The van der Waals surface area contributed by atoms with Gasteiger partial charge in [-0.15, -0.1) is 11.3 Å². The van der Waals surface area contributed by atoms with Crippen LogP contribution in [-0.4, -0.2) is 18.5 Å². The lowest BCUT2D eigenvalue weighted by Gasteiger charge is -2.05. The first-order chi connectivity index (χ1) is 11.6. The number of thiophene rings is 1. The third-order valence-corrected chi connectivity index (χ3v) is 4.56. The lowest BCUT2D eigenvalue weighted by Crippen LogP contribution is -2.13. The number of carbonyl (C=O) groups excluding carboxylic acids is 2. The zero-order chi connectivity index (χ0) is 17.4. The largest absolute Gasteiger partial charge is 0.462 e. The SMILES string of the molecule is CCCCC(=O)Nc1sc(Cc2ccccc2)cc1C(=O)OCC. The van der Waals surface area contributed by atoms with Crippen LogP contribution in [0.2, 0.25) is 0 Å². The van der Waals surface area contributed by atoms with Crippen LogP contribution in [0, 0.1) is 0 Å². The molecule has 0 atom stereocenters. The molecular weight excluding hydrogens is 322 g/mol. The van der Waals surface area contributed by atoms with Crippen LogP contribution in [-0.2, 0) is 16.0 Å². The van der Waals surface area contributed by atoms with Gasteiger partial charge in [-0.05, 0) is 25.0 Å². The van der Waals surface area contributed by atoms with Crippen molar-refractivity contribution in [2.24, 2.45) is 0 Å². The number of hydrogen-bond acceptors (Lipinski definition) is 4. The summed E-state index contributed by atoms with van der Waals surface area (Å²) in [6, 6.07) is 11.9. The van der Waals surface area contributed by atoms with Crippen molar-refractivity contribution < 1.29 is 14.3 Å². The van der Waals surface area contributed by atoms with Gasteiger partial charge in [-0.3, -0.25) is 4.79 Å². The fourth-order valence-corrected chi connectivity index (χ4v) is 3.40. The van der Waals surface area contributed by atoms with E-state index in [1.165, 1.54) is 11.3 Å². The first kappa shape index (κ1) is 18.2. The van der Waals surface area contributed by atoms with Crippen LogP contribution in [0.5, 0.6) is 0 Å². The van der Waals surface area contributed by atoms with E-state index in [9.17, 15) is 9.59 Å². The molecule has 1 aromatic carbocycles. The Balaban J connectivity index is 2.19.